The number of benzene rings is 1. The van der Waals surface area contributed by atoms with E-state index in [0.717, 1.165) is 12.8 Å². The van der Waals surface area contributed by atoms with Gasteiger partial charge in [0.1, 0.15) is 6.04 Å². The minimum absolute atomic E-state index is 0.155. The maximum absolute atomic E-state index is 12.3. The topological polar surface area (TPSA) is 84.2 Å². The van der Waals surface area contributed by atoms with E-state index in [-0.39, 0.29) is 11.8 Å². The van der Waals surface area contributed by atoms with Crippen molar-refractivity contribution in [3.63, 3.8) is 0 Å². The molecule has 1 rings (SSSR count). The Labute approximate surface area is 143 Å². The van der Waals surface area contributed by atoms with Crippen LogP contribution in [0.1, 0.15) is 43.5 Å². The Morgan fingerprint density at radius 2 is 1.83 bits per heavy atom. The van der Waals surface area contributed by atoms with Crippen molar-refractivity contribution in [2.24, 2.45) is 11.7 Å². The molecule has 0 aliphatic carbocycles. The number of nitrogens with two attached hydrogens (primary N) is 1. The molecule has 5 nitrogen and oxygen atoms in total. The predicted molar refractivity (Wildman–Crippen MR) is 93.5 cm³/mol. The van der Waals surface area contributed by atoms with E-state index in [1.807, 2.05) is 13.8 Å². The number of rotatable bonds is 9. The van der Waals surface area contributed by atoms with Crippen LogP contribution in [0.25, 0.3) is 0 Å². The molecule has 0 bridgehead atoms. The number of nitrogens with one attached hydrogen (secondary N) is 2. The van der Waals surface area contributed by atoms with Crippen LogP contribution in [0.2, 0.25) is 5.02 Å². The van der Waals surface area contributed by atoms with E-state index in [4.69, 9.17) is 17.3 Å². The van der Waals surface area contributed by atoms with Gasteiger partial charge in [0.05, 0.1) is 0 Å². The van der Waals surface area contributed by atoms with Crippen molar-refractivity contribution in [3.8, 4) is 0 Å². The highest BCUT2D eigenvalue weighted by molar-refractivity contribution is 6.30. The van der Waals surface area contributed by atoms with Gasteiger partial charge in [0, 0.05) is 17.1 Å². The van der Waals surface area contributed by atoms with E-state index in [9.17, 15) is 9.59 Å². The Morgan fingerprint density at radius 3 is 2.39 bits per heavy atom. The van der Waals surface area contributed by atoms with Crippen LogP contribution in [-0.2, 0) is 4.79 Å². The van der Waals surface area contributed by atoms with Gasteiger partial charge in [-0.3, -0.25) is 9.59 Å². The van der Waals surface area contributed by atoms with Crippen molar-refractivity contribution in [2.45, 2.75) is 39.2 Å². The van der Waals surface area contributed by atoms with Crippen molar-refractivity contribution in [3.05, 3.63) is 34.9 Å². The van der Waals surface area contributed by atoms with Crippen LogP contribution in [0.5, 0.6) is 0 Å². The second-order valence-electron chi connectivity index (χ2n) is 5.95. The van der Waals surface area contributed by atoms with Crippen LogP contribution in [-0.4, -0.2) is 30.9 Å². The van der Waals surface area contributed by atoms with E-state index in [1.54, 1.807) is 24.3 Å². The minimum atomic E-state index is -0.545. The molecule has 0 spiro atoms. The number of carbonyl (C=O) groups excluding carboxylic acids is 2. The third kappa shape index (κ3) is 7.48. The van der Waals surface area contributed by atoms with E-state index >= 15 is 0 Å². The Kier molecular flexibility index (Phi) is 8.66. The van der Waals surface area contributed by atoms with Gasteiger partial charge in [0.15, 0.2) is 0 Å². The van der Waals surface area contributed by atoms with Crippen LogP contribution >= 0.6 is 11.6 Å². The summed E-state index contributed by atoms with van der Waals surface area (Å²) in [6.07, 6.45) is 2.29. The lowest BCUT2D eigenvalue weighted by Gasteiger charge is -2.20. The third-order valence-electron chi connectivity index (χ3n) is 3.37. The number of hydrogen-bond acceptors (Lipinski definition) is 3. The molecule has 0 heterocycles. The Bertz CT molecular complexity index is 503. The normalized spacial score (nSPS) is 12.0. The summed E-state index contributed by atoms with van der Waals surface area (Å²) in [7, 11) is 0. The molecular formula is C17H26ClN3O2. The molecular weight excluding hydrogens is 314 g/mol. The highest BCUT2D eigenvalue weighted by atomic mass is 35.5. The first-order valence-corrected chi connectivity index (χ1v) is 8.36. The van der Waals surface area contributed by atoms with Crippen molar-refractivity contribution in [2.75, 3.05) is 13.1 Å². The van der Waals surface area contributed by atoms with Crippen molar-refractivity contribution in [1.29, 1.82) is 0 Å². The van der Waals surface area contributed by atoms with Crippen LogP contribution in [0, 0.1) is 5.92 Å². The summed E-state index contributed by atoms with van der Waals surface area (Å²) in [6, 6.07) is 6.05. The standard InChI is InChI=1S/C17H26ClN3O2/c1-12(2)11-15(17(23)20-10-4-3-9-19)21-16(22)13-5-7-14(18)8-6-13/h5-8,12,15H,3-4,9-11,19H2,1-2H3,(H,20,23)(H,21,22). The maximum Gasteiger partial charge on any atom is 0.251 e. The molecule has 1 atom stereocenters. The highest BCUT2D eigenvalue weighted by Gasteiger charge is 2.22. The minimum Gasteiger partial charge on any atom is -0.354 e. The summed E-state index contributed by atoms with van der Waals surface area (Å²) in [4.78, 5) is 24.6. The van der Waals surface area contributed by atoms with E-state index in [0.29, 0.717) is 36.0 Å². The first-order chi connectivity index (χ1) is 10.9. The molecule has 0 saturated carbocycles. The lowest BCUT2D eigenvalue weighted by atomic mass is 10.0. The molecule has 0 aliphatic rings. The van der Waals surface area contributed by atoms with Gasteiger partial charge in [-0.15, -0.1) is 0 Å². The van der Waals surface area contributed by atoms with Gasteiger partial charge in [-0.2, -0.15) is 0 Å². The number of carbonyl (C=O) groups is 2. The Hall–Kier alpha value is -1.59. The number of amides is 2. The third-order valence-corrected chi connectivity index (χ3v) is 3.62. The van der Waals surface area contributed by atoms with Crippen molar-refractivity contribution in [1.82, 2.24) is 10.6 Å². The van der Waals surface area contributed by atoms with Crippen molar-refractivity contribution >= 4 is 23.4 Å². The summed E-state index contributed by atoms with van der Waals surface area (Å²) in [5.74, 6) is -0.136. The van der Waals surface area contributed by atoms with E-state index in [1.165, 1.54) is 0 Å². The average molecular weight is 340 g/mol. The fraction of sp³-hybridized carbons (Fsp3) is 0.529. The lowest BCUT2D eigenvalue weighted by Crippen LogP contribution is -2.47. The molecule has 1 unspecified atom stereocenters. The zero-order valence-corrected chi connectivity index (χ0v) is 14.5. The van der Waals surface area contributed by atoms with Gasteiger partial charge in [-0.25, -0.2) is 0 Å². The SMILES string of the molecule is CC(C)CC(NC(=O)c1ccc(Cl)cc1)C(=O)NCCCCN. The fourth-order valence-corrected chi connectivity index (χ4v) is 2.28. The molecule has 1 aromatic rings. The maximum atomic E-state index is 12.3. The van der Waals surface area contributed by atoms with Crippen LogP contribution in [0.15, 0.2) is 24.3 Å². The summed E-state index contributed by atoms with van der Waals surface area (Å²) in [6.45, 7) is 5.21. The number of hydrogen-bond donors (Lipinski definition) is 3. The summed E-state index contributed by atoms with van der Waals surface area (Å²) >= 11 is 5.82. The molecule has 0 radical (unpaired) electrons. The van der Waals surface area contributed by atoms with E-state index in [2.05, 4.69) is 10.6 Å². The fourth-order valence-electron chi connectivity index (χ4n) is 2.15. The molecule has 6 heteroatoms. The molecule has 0 saturated heterocycles. The van der Waals surface area contributed by atoms with Gasteiger partial charge in [-0.05, 0) is 56.0 Å². The molecule has 4 N–H and O–H groups in total. The Morgan fingerprint density at radius 1 is 1.17 bits per heavy atom. The molecule has 0 aliphatic heterocycles. The largest absolute Gasteiger partial charge is 0.354 e. The highest BCUT2D eigenvalue weighted by Crippen LogP contribution is 2.11. The van der Waals surface area contributed by atoms with Gasteiger partial charge < -0.3 is 16.4 Å². The van der Waals surface area contributed by atoms with Crippen LogP contribution in [0.4, 0.5) is 0 Å². The van der Waals surface area contributed by atoms with Crippen LogP contribution in [0.3, 0.4) is 0 Å². The monoisotopic (exact) mass is 339 g/mol. The molecule has 1 aromatic carbocycles. The first kappa shape index (κ1) is 19.5. The van der Waals surface area contributed by atoms with Gasteiger partial charge in [0.2, 0.25) is 5.91 Å². The Balaban J connectivity index is 2.64. The zero-order chi connectivity index (χ0) is 17.2. The molecule has 0 aromatic heterocycles. The quantitative estimate of drug-likeness (QED) is 0.604. The van der Waals surface area contributed by atoms with Crippen LogP contribution < -0.4 is 16.4 Å². The second kappa shape index (κ2) is 10.2. The summed E-state index contributed by atoms with van der Waals surface area (Å²) in [5, 5.41) is 6.23. The van der Waals surface area contributed by atoms with Gasteiger partial charge in [-0.1, -0.05) is 25.4 Å². The molecule has 128 valence electrons. The second-order valence-corrected chi connectivity index (χ2v) is 6.39. The molecule has 2 amide bonds. The van der Waals surface area contributed by atoms with Crippen molar-refractivity contribution < 1.29 is 9.59 Å². The smallest absolute Gasteiger partial charge is 0.251 e. The predicted octanol–water partition coefficient (Wildman–Crippen LogP) is 2.34. The number of unbranched alkanes of at least 4 members (excludes halogenated alkanes) is 1. The molecule has 0 fully saturated rings. The van der Waals surface area contributed by atoms with E-state index < -0.39 is 6.04 Å². The summed E-state index contributed by atoms with van der Waals surface area (Å²) in [5.41, 5.74) is 5.92. The first-order valence-electron chi connectivity index (χ1n) is 7.98. The van der Waals surface area contributed by atoms with Gasteiger partial charge in [0.25, 0.3) is 5.91 Å². The van der Waals surface area contributed by atoms with Gasteiger partial charge >= 0.3 is 0 Å². The summed E-state index contributed by atoms with van der Waals surface area (Å²) < 4.78 is 0. The average Bonchev–Trinajstić information content (AvgIpc) is 2.50. The number of halogens is 1. The lowest BCUT2D eigenvalue weighted by molar-refractivity contribution is -0.123. The zero-order valence-electron chi connectivity index (χ0n) is 13.8. The molecule has 23 heavy (non-hydrogen) atoms.